The second kappa shape index (κ2) is 7.59. The van der Waals surface area contributed by atoms with E-state index in [0.717, 1.165) is 47.8 Å². The molecule has 31 heavy (non-hydrogen) atoms. The largest absolute Gasteiger partial charge is 0.295 e. The zero-order valence-corrected chi connectivity index (χ0v) is 21.0. The van der Waals surface area contributed by atoms with Gasteiger partial charge in [-0.3, -0.25) is 4.79 Å². The smallest absolute Gasteiger partial charge is 0.159 e. The molecule has 0 aromatic rings. The Balaban J connectivity index is 1.34. The normalized spacial score (nSPS) is 47.2. The van der Waals surface area contributed by atoms with Gasteiger partial charge in [-0.25, -0.2) is 0 Å². The number of ketones is 1. The van der Waals surface area contributed by atoms with Gasteiger partial charge in [0, 0.05) is 5.92 Å². The third-order valence-electron chi connectivity index (χ3n) is 11.7. The fraction of sp³-hybridized carbons (Fsp3) is 0.833. The standard InChI is InChI=1S/C30H46O/c1-7-20(18(2)3)9-8-19(4)24-12-13-25-22-11-10-21-16-28(31)23-17-27(23)30(21,6)26(22)14-15-29(24,25)5/h10-11,16,18-20,22-27H,7-9,12-15,17H2,1-6H3/t19-,20-,22+,23-,24-,25+,26+,27+,29-,30+/m1/s1. The van der Waals surface area contributed by atoms with Crippen LogP contribution in [0.15, 0.2) is 23.8 Å². The maximum atomic E-state index is 12.4. The first-order chi connectivity index (χ1) is 14.7. The van der Waals surface area contributed by atoms with Crippen molar-refractivity contribution in [1.29, 1.82) is 0 Å². The second-order valence-corrected chi connectivity index (χ2v) is 13.1. The van der Waals surface area contributed by atoms with E-state index in [-0.39, 0.29) is 5.41 Å². The first-order valence-corrected chi connectivity index (χ1v) is 13.7. The van der Waals surface area contributed by atoms with Crippen LogP contribution in [-0.4, -0.2) is 5.78 Å². The Morgan fingerprint density at radius 3 is 2.52 bits per heavy atom. The van der Waals surface area contributed by atoms with Crippen LogP contribution in [0.1, 0.15) is 92.9 Å². The molecular weight excluding hydrogens is 376 g/mol. The lowest BCUT2D eigenvalue weighted by Crippen LogP contribution is -2.50. The van der Waals surface area contributed by atoms with Gasteiger partial charge in [0.05, 0.1) is 0 Å². The summed E-state index contributed by atoms with van der Waals surface area (Å²) in [5.41, 5.74) is 2.17. The molecule has 1 nitrogen and oxygen atoms in total. The summed E-state index contributed by atoms with van der Waals surface area (Å²) in [5.74, 6) is 7.27. The first-order valence-electron chi connectivity index (χ1n) is 13.7. The Hall–Kier alpha value is -0.850. The van der Waals surface area contributed by atoms with E-state index in [2.05, 4.69) is 53.7 Å². The van der Waals surface area contributed by atoms with Crippen LogP contribution < -0.4 is 0 Å². The molecule has 0 N–H and O–H groups in total. The molecule has 5 rings (SSSR count). The SMILES string of the molecule is CC[C@H](CC[C@@H](C)[C@H]1CC[C@H]2[C@@H]3C=CC4=CC(=O)[C@@H]5C[C@@H]5[C@]4(C)[C@H]3CC[C@]12C)C(C)C. The molecule has 0 amide bonds. The summed E-state index contributed by atoms with van der Waals surface area (Å²) in [6.45, 7) is 15.0. The van der Waals surface area contributed by atoms with Crippen LogP contribution in [0, 0.1) is 64.1 Å². The molecule has 0 heterocycles. The van der Waals surface area contributed by atoms with E-state index in [9.17, 15) is 4.79 Å². The Kier molecular flexibility index (Phi) is 5.38. The Morgan fingerprint density at radius 1 is 1.03 bits per heavy atom. The molecule has 0 spiro atoms. The van der Waals surface area contributed by atoms with Gasteiger partial charge in [0.15, 0.2) is 5.78 Å². The summed E-state index contributed by atoms with van der Waals surface area (Å²) in [6, 6.07) is 0. The monoisotopic (exact) mass is 422 g/mol. The number of hydrogen-bond acceptors (Lipinski definition) is 1. The number of hydrogen-bond donors (Lipinski definition) is 0. The molecule has 0 aromatic carbocycles. The molecule has 5 aliphatic rings. The van der Waals surface area contributed by atoms with Crippen LogP contribution in [0.4, 0.5) is 0 Å². The van der Waals surface area contributed by atoms with E-state index in [0.29, 0.717) is 23.0 Å². The van der Waals surface area contributed by atoms with Gasteiger partial charge in [0.25, 0.3) is 0 Å². The average molecular weight is 423 g/mol. The molecule has 0 saturated heterocycles. The maximum Gasteiger partial charge on any atom is 0.159 e. The molecule has 172 valence electrons. The molecule has 1 heteroatoms. The molecule has 0 unspecified atom stereocenters. The highest BCUT2D eigenvalue weighted by Crippen LogP contribution is 2.70. The summed E-state index contributed by atoms with van der Waals surface area (Å²) in [4.78, 5) is 12.4. The zero-order chi connectivity index (χ0) is 22.1. The first kappa shape index (κ1) is 22.0. The third kappa shape index (κ3) is 3.18. The predicted molar refractivity (Wildman–Crippen MR) is 129 cm³/mol. The fourth-order valence-electron chi connectivity index (χ4n) is 9.56. The van der Waals surface area contributed by atoms with Crippen LogP contribution in [0.25, 0.3) is 0 Å². The van der Waals surface area contributed by atoms with Gasteiger partial charge in [-0.1, -0.05) is 66.5 Å². The van der Waals surface area contributed by atoms with Crippen LogP contribution in [0.3, 0.4) is 0 Å². The summed E-state index contributed by atoms with van der Waals surface area (Å²) >= 11 is 0. The maximum absolute atomic E-state index is 12.4. The van der Waals surface area contributed by atoms with Crippen molar-refractivity contribution >= 4 is 5.78 Å². The summed E-state index contributed by atoms with van der Waals surface area (Å²) in [7, 11) is 0. The average Bonchev–Trinajstić information content (AvgIpc) is 3.47. The lowest BCUT2D eigenvalue weighted by Gasteiger charge is -2.56. The summed E-state index contributed by atoms with van der Waals surface area (Å²) < 4.78 is 0. The second-order valence-electron chi connectivity index (χ2n) is 13.1. The molecule has 3 fully saturated rings. The molecule has 10 atom stereocenters. The minimum Gasteiger partial charge on any atom is -0.295 e. The molecule has 0 aromatic heterocycles. The van der Waals surface area contributed by atoms with Crippen LogP contribution >= 0.6 is 0 Å². The number of carbonyl (C=O) groups is 1. The zero-order valence-electron chi connectivity index (χ0n) is 21.0. The highest BCUT2D eigenvalue weighted by molar-refractivity contribution is 5.97. The summed E-state index contributed by atoms with van der Waals surface area (Å²) in [5, 5.41) is 0. The van der Waals surface area contributed by atoms with E-state index in [1.165, 1.54) is 50.5 Å². The third-order valence-corrected chi connectivity index (χ3v) is 11.7. The Bertz CT molecular complexity index is 788. The number of rotatable bonds is 6. The van der Waals surface area contributed by atoms with Gasteiger partial charge in [0.1, 0.15) is 0 Å². The Labute approximate surface area is 191 Å². The molecule has 0 aliphatic heterocycles. The van der Waals surface area contributed by atoms with Crippen LogP contribution in [-0.2, 0) is 4.79 Å². The van der Waals surface area contributed by atoms with Gasteiger partial charge in [-0.05, 0) is 108 Å². The molecule has 0 radical (unpaired) electrons. The number of carbonyl (C=O) groups excluding carboxylic acids is 1. The topological polar surface area (TPSA) is 17.1 Å². The van der Waals surface area contributed by atoms with Gasteiger partial charge in [0.2, 0.25) is 0 Å². The molecular formula is C30H46O. The Morgan fingerprint density at radius 2 is 1.81 bits per heavy atom. The van der Waals surface area contributed by atoms with Gasteiger partial charge in [-0.15, -0.1) is 0 Å². The van der Waals surface area contributed by atoms with Crippen molar-refractivity contribution in [2.75, 3.05) is 0 Å². The van der Waals surface area contributed by atoms with Crippen molar-refractivity contribution in [3.8, 4) is 0 Å². The summed E-state index contributed by atoms with van der Waals surface area (Å²) in [6.07, 6.45) is 18.0. The van der Waals surface area contributed by atoms with E-state index in [4.69, 9.17) is 0 Å². The van der Waals surface area contributed by atoms with Gasteiger partial charge in [-0.2, -0.15) is 0 Å². The molecule has 5 aliphatic carbocycles. The minimum atomic E-state index is 0.272. The van der Waals surface area contributed by atoms with Crippen molar-refractivity contribution in [3.05, 3.63) is 23.8 Å². The quantitative estimate of drug-likeness (QED) is 0.425. The van der Waals surface area contributed by atoms with E-state index >= 15 is 0 Å². The fourth-order valence-corrected chi connectivity index (χ4v) is 9.56. The van der Waals surface area contributed by atoms with Crippen molar-refractivity contribution in [1.82, 2.24) is 0 Å². The number of allylic oxidation sites excluding steroid dienone is 4. The van der Waals surface area contributed by atoms with Crippen molar-refractivity contribution in [2.45, 2.75) is 92.9 Å². The van der Waals surface area contributed by atoms with Crippen LogP contribution in [0.2, 0.25) is 0 Å². The van der Waals surface area contributed by atoms with Crippen molar-refractivity contribution in [2.24, 2.45) is 64.1 Å². The van der Waals surface area contributed by atoms with Gasteiger partial charge >= 0.3 is 0 Å². The van der Waals surface area contributed by atoms with E-state index in [1.807, 2.05) is 6.08 Å². The van der Waals surface area contributed by atoms with Crippen LogP contribution in [0.5, 0.6) is 0 Å². The predicted octanol–water partition coefficient (Wildman–Crippen LogP) is 7.86. The van der Waals surface area contributed by atoms with E-state index < -0.39 is 0 Å². The lowest BCUT2D eigenvalue weighted by molar-refractivity contribution is -0.117. The van der Waals surface area contributed by atoms with Gasteiger partial charge < -0.3 is 0 Å². The van der Waals surface area contributed by atoms with E-state index in [1.54, 1.807) is 0 Å². The highest BCUT2D eigenvalue weighted by atomic mass is 16.1. The molecule has 3 saturated carbocycles. The highest BCUT2D eigenvalue weighted by Gasteiger charge is 2.65. The van der Waals surface area contributed by atoms with Crippen molar-refractivity contribution < 1.29 is 4.79 Å². The lowest BCUT2D eigenvalue weighted by atomic mass is 9.47. The van der Waals surface area contributed by atoms with Crippen molar-refractivity contribution in [3.63, 3.8) is 0 Å². The number of fused-ring (bicyclic) bond motifs is 7. The molecule has 0 bridgehead atoms. The minimum absolute atomic E-state index is 0.272.